The molecular weight excluding hydrogens is 284 g/mol. The molecule has 1 rings (SSSR count). The van der Waals surface area contributed by atoms with E-state index in [1.54, 1.807) is 0 Å². The molecule has 1 aliphatic rings. The molecule has 2 nitrogen and oxygen atoms in total. The smallest absolute Gasteiger partial charge is 0.184 e. The first-order chi connectivity index (χ1) is 11.3. The van der Waals surface area contributed by atoms with Gasteiger partial charge in [0.15, 0.2) is 6.29 Å². The number of hydrogen-bond donors (Lipinski definition) is 0. The molecule has 0 amide bonds. The van der Waals surface area contributed by atoms with Crippen LogP contribution in [0, 0.1) is 0 Å². The quantitative estimate of drug-likeness (QED) is 0.199. The molecule has 2 unspecified atom stereocenters. The average molecular weight is 327 g/mol. The molecule has 0 aliphatic carbocycles. The van der Waals surface area contributed by atoms with Crippen molar-refractivity contribution in [3.05, 3.63) is 0 Å². The third-order valence-electron chi connectivity index (χ3n) is 4.94. The van der Waals surface area contributed by atoms with Gasteiger partial charge in [0.2, 0.25) is 0 Å². The summed E-state index contributed by atoms with van der Waals surface area (Å²) in [5.74, 6) is 0. The van der Waals surface area contributed by atoms with E-state index in [4.69, 9.17) is 9.47 Å². The summed E-state index contributed by atoms with van der Waals surface area (Å²) in [5, 5.41) is 0. The van der Waals surface area contributed by atoms with E-state index in [0.29, 0.717) is 6.10 Å². The molecule has 0 aromatic heterocycles. The van der Waals surface area contributed by atoms with Gasteiger partial charge in [-0.15, -0.1) is 0 Å². The molecule has 0 saturated carbocycles. The Hall–Kier alpha value is -0.0800. The molecule has 2 heteroatoms. The highest BCUT2D eigenvalue weighted by atomic mass is 16.8. The Bertz CT molecular complexity index is 242. The van der Waals surface area contributed by atoms with Crippen molar-refractivity contribution in [1.82, 2.24) is 0 Å². The van der Waals surface area contributed by atoms with Crippen LogP contribution < -0.4 is 0 Å². The van der Waals surface area contributed by atoms with E-state index in [9.17, 15) is 0 Å². The lowest BCUT2D eigenvalue weighted by atomic mass is 10.0. The van der Waals surface area contributed by atoms with Crippen LogP contribution in [-0.2, 0) is 9.47 Å². The minimum atomic E-state index is 0.117. The molecule has 0 aromatic carbocycles. The van der Waals surface area contributed by atoms with E-state index in [2.05, 4.69) is 13.8 Å². The molecule has 23 heavy (non-hydrogen) atoms. The van der Waals surface area contributed by atoms with Crippen molar-refractivity contribution in [3.8, 4) is 0 Å². The van der Waals surface area contributed by atoms with Gasteiger partial charge >= 0.3 is 0 Å². The molecular formula is C21H42O2. The molecule has 138 valence electrons. The predicted molar refractivity (Wildman–Crippen MR) is 99.8 cm³/mol. The highest BCUT2D eigenvalue weighted by Gasteiger charge is 2.34. The standard InChI is InChI=1S/C21H42O2/c1-3-4-5-6-7-8-9-10-11-12-13-14-15-16-17-18-19-22-21-20(2)23-21/h20-21H,3-19H2,1-2H3. The van der Waals surface area contributed by atoms with Gasteiger partial charge in [0, 0.05) is 6.61 Å². The number of unbranched alkanes of at least 4 members (excludes halogenated alkanes) is 15. The van der Waals surface area contributed by atoms with E-state index in [1.165, 1.54) is 103 Å². The van der Waals surface area contributed by atoms with E-state index in [-0.39, 0.29) is 6.29 Å². The van der Waals surface area contributed by atoms with Gasteiger partial charge in [0.1, 0.15) is 6.10 Å². The van der Waals surface area contributed by atoms with E-state index in [0.717, 1.165) is 6.61 Å². The second kappa shape index (κ2) is 15.4. The first kappa shape index (κ1) is 21.0. The topological polar surface area (TPSA) is 21.8 Å². The molecule has 0 spiro atoms. The Morgan fingerprint density at radius 2 is 0.957 bits per heavy atom. The van der Waals surface area contributed by atoms with Crippen LogP contribution in [0.1, 0.15) is 117 Å². The largest absolute Gasteiger partial charge is 0.350 e. The summed E-state index contributed by atoms with van der Waals surface area (Å²) >= 11 is 0. The fraction of sp³-hybridized carbons (Fsp3) is 1.00. The zero-order valence-corrected chi connectivity index (χ0v) is 16.0. The van der Waals surface area contributed by atoms with Crippen molar-refractivity contribution in [3.63, 3.8) is 0 Å². The summed E-state index contributed by atoms with van der Waals surface area (Å²) in [5.41, 5.74) is 0. The van der Waals surface area contributed by atoms with Crippen molar-refractivity contribution in [2.75, 3.05) is 6.61 Å². The normalized spacial score (nSPS) is 20.1. The lowest BCUT2D eigenvalue weighted by Crippen LogP contribution is -1.99. The third-order valence-corrected chi connectivity index (χ3v) is 4.94. The summed E-state index contributed by atoms with van der Waals surface area (Å²) in [6, 6.07) is 0. The van der Waals surface area contributed by atoms with Crippen LogP contribution in [0.4, 0.5) is 0 Å². The first-order valence-corrected chi connectivity index (χ1v) is 10.6. The third kappa shape index (κ3) is 14.0. The average Bonchev–Trinajstić information content (AvgIpc) is 3.26. The highest BCUT2D eigenvalue weighted by molar-refractivity contribution is 4.70. The number of epoxide rings is 1. The molecule has 0 aromatic rings. The fourth-order valence-electron chi connectivity index (χ4n) is 3.19. The predicted octanol–water partition coefficient (Wildman–Crippen LogP) is 7.01. The summed E-state index contributed by atoms with van der Waals surface area (Å²) in [6.45, 7) is 5.24. The molecule has 2 atom stereocenters. The van der Waals surface area contributed by atoms with Gasteiger partial charge in [-0.2, -0.15) is 0 Å². The van der Waals surface area contributed by atoms with Crippen molar-refractivity contribution >= 4 is 0 Å². The lowest BCUT2D eigenvalue weighted by molar-refractivity contribution is 0.0478. The second-order valence-electron chi connectivity index (χ2n) is 7.38. The van der Waals surface area contributed by atoms with Crippen LogP contribution >= 0.6 is 0 Å². The zero-order valence-electron chi connectivity index (χ0n) is 16.0. The summed E-state index contributed by atoms with van der Waals surface area (Å²) < 4.78 is 10.8. The molecule has 0 N–H and O–H groups in total. The summed E-state index contributed by atoms with van der Waals surface area (Å²) in [7, 11) is 0. The maximum Gasteiger partial charge on any atom is 0.184 e. The van der Waals surface area contributed by atoms with Crippen LogP contribution in [0.15, 0.2) is 0 Å². The van der Waals surface area contributed by atoms with E-state index in [1.807, 2.05) is 0 Å². The van der Waals surface area contributed by atoms with Crippen LogP contribution in [0.2, 0.25) is 0 Å². The maximum absolute atomic E-state index is 5.56. The summed E-state index contributed by atoms with van der Waals surface area (Å²) in [6.07, 6.45) is 23.1. The Kier molecular flexibility index (Phi) is 14.1. The Morgan fingerprint density at radius 3 is 1.30 bits per heavy atom. The first-order valence-electron chi connectivity index (χ1n) is 10.6. The molecule has 1 aliphatic heterocycles. The van der Waals surface area contributed by atoms with Crippen molar-refractivity contribution in [2.24, 2.45) is 0 Å². The number of hydrogen-bond acceptors (Lipinski definition) is 2. The van der Waals surface area contributed by atoms with Gasteiger partial charge in [-0.05, 0) is 13.3 Å². The van der Waals surface area contributed by atoms with Gasteiger partial charge in [-0.1, -0.05) is 103 Å². The highest BCUT2D eigenvalue weighted by Crippen LogP contribution is 2.22. The Balaban J connectivity index is 1.61. The molecule has 1 saturated heterocycles. The maximum atomic E-state index is 5.56. The van der Waals surface area contributed by atoms with Crippen LogP contribution in [0.5, 0.6) is 0 Å². The van der Waals surface area contributed by atoms with Crippen molar-refractivity contribution in [1.29, 1.82) is 0 Å². The SMILES string of the molecule is CCCCCCCCCCCCCCCCCCOC1OC1C. The number of rotatable bonds is 18. The van der Waals surface area contributed by atoms with Crippen molar-refractivity contribution in [2.45, 2.75) is 129 Å². The second-order valence-corrected chi connectivity index (χ2v) is 7.38. The molecule has 0 bridgehead atoms. The van der Waals surface area contributed by atoms with E-state index < -0.39 is 0 Å². The lowest BCUT2D eigenvalue weighted by Gasteiger charge is -2.04. The Morgan fingerprint density at radius 1 is 0.609 bits per heavy atom. The van der Waals surface area contributed by atoms with Gasteiger partial charge in [0.05, 0.1) is 0 Å². The van der Waals surface area contributed by atoms with E-state index >= 15 is 0 Å². The monoisotopic (exact) mass is 326 g/mol. The van der Waals surface area contributed by atoms with Crippen LogP contribution in [0.3, 0.4) is 0 Å². The van der Waals surface area contributed by atoms with Gasteiger partial charge in [-0.3, -0.25) is 0 Å². The number of ether oxygens (including phenoxy) is 2. The summed E-state index contributed by atoms with van der Waals surface area (Å²) in [4.78, 5) is 0. The fourth-order valence-corrected chi connectivity index (χ4v) is 3.19. The van der Waals surface area contributed by atoms with Crippen LogP contribution in [-0.4, -0.2) is 19.0 Å². The van der Waals surface area contributed by atoms with Crippen LogP contribution in [0.25, 0.3) is 0 Å². The molecule has 1 fully saturated rings. The zero-order chi connectivity index (χ0) is 16.6. The van der Waals surface area contributed by atoms with Gasteiger partial charge in [0.25, 0.3) is 0 Å². The van der Waals surface area contributed by atoms with Crippen molar-refractivity contribution < 1.29 is 9.47 Å². The Labute approximate surface area is 145 Å². The minimum absolute atomic E-state index is 0.117. The minimum Gasteiger partial charge on any atom is -0.350 e. The van der Waals surface area contributed by atoms with Gasteiger partial charge in [-0.25, -0.2) is 0 Å². The molecule has 1 heterocycles. The van der Waals surface area contributed by atoms with Gasteiger partial charge < -0.3 is 9.47 Å². The molecule has 0 radical (unpaired) electrons.